The van der Waals surface area contributed by atoms with E-state index >= 15 is 0 Å². The van der Waals surface area contributed by atoms with Gasteiger partial charge in [-0.05, 0) is 31.0 Å². The molecule has 1 unspecified atom stereocenters. The first-order valence-electron chi connectivity index (χ1n) is 6.72. The number of aromatic nitrogens is 1. The summed E-state index contributed by atoms with van der Waals surface area (Å²) in [5.74, 6) is 0. The van der Waals surface area contributed by atoms with Gasteiger partial charge in [0.2, 0.25) is 10.0 Å². The van der Waals surface area contributed by atoms with Crippen molar-refractivity contribution in [3.05, 3.63) is 59.9 Å². The van der Waals surface area contributed by atoms with Crippen LogP contribution in [0.2, 0.25) is 0 Å². The summed E-state index contributed by atoms with van der Waals surface area (Å²) in [5, 5.41) is 0. The molecule has 2 rings (SSSR count). The number of pyridine rings is 1. The first-order valence-corrected chi connectivity index (χ1v) is 8.21. The second kappa shape index (κ2) is 6.80. The van der Waals surface area contributed by atoms with Gasteiger partial charge in [0, 0.05) is 18.8 Å². The van der Waals surface area contributed by atoms with Crippen LogP contribution in [-0.2, 0) is 23.0 Å². The van der Waals surface area contributed by atoms with Crippen LogP contribution in [0, 0.1) is 0 Å². The van der Waals surface area contributed by atoms with Gasteiger partial charge in [-0.25, -0.2) is 13.1 Å². The largest absolute Gasteiger partial charge is 0.325 e. The molecule has 21 heavy (non-hydrogen) atoms. The van der Waals surface area contributed by atoms with E-state index < -0.39 is 10.0 Å². The predicted octanol–water partition coefficient (Wildman–Crippen LogP) is 1.45. The van der Waals surface area contributed by atoms with E-state index in [0.717, 1.165) is 5.56 Å². The van der Waals surface area contributed by atoms with Gasteiger partial charge in [-0.3, -0.25) is 4.98 Å². The SMILES string of the molecule is CC(Cc1ccccc1)NS(=O)(=O)c1ccc(CN)nc1. The minimum atomic E-state index is -3.56. The number of hydrogen-bond acceptors (Lipinski definition) is 4. The van der Waals surface area contributed by atoms with Crippen molar-refractivity contribution in [3.8, 4) is 0 Å². The molecule has 6 heteroatoms. The molecule has 112 valence electrons. The van der Waals surface area contributed by atoms with Crippen LogP contribution in [0.4, 0.5) is 0 Å². The van der Waals surface area contributed by atoms with Crippen LogP contribution in [0.3, 0.4) is 0 Å². The Morgan fingerprint density at radius 3 is 2.48 bits per heavy atom. The fourth-order valence-electron chi connectivity index (χ4n) is 2.03. The highest BCUT2D eigenvalue weighted by atomic mass is 32.2. The summed E-state index contributed by atoms with van der Waals surface area (Å²) in [6.45, 7) is 2.13. The average molecular weight is 305 g/mol. The summed E-state index contributed by atoms with van der Waals surface area (Å²) in [5.41, 5.74) is 7.19. The van der Waals surface area contributed by atoms with Crippen molar-refractivity contribution in [3.63, 3.8) is 0 Å². The number of sulfonamides is 1. The van der Waals surface area contributed by atoms with E-state index in [0.29, 0.717) is 12.1 Å². The molecule has 1 atom stereocenters. The molecule has 1 aromatic carbocycles. The van der Waals surface area contributed by atoms with Crippen LogP contribution in [0.5, 0.6) is 0 Å². The summed E-state index contributed by atoms with van der Waals surface area (Å²) in [6.07, 6.45) is 1.97. The average Bonchev–Trinajstić information content (AvgIpc) is 2.47. The fourth-order valence-corrected chi connectivity index (χ4v) is 3.22. The summed E-state index contributed by atoms with van der Waals surface area (Å²) >= 11 is 0. The minimum absolute atomic E-state index is 0.152. The van der Waals surface area contributed by atoms with Crippen LogP contribution in [0.25, 0.3) is 0 Å². The lowest BCUT2D eigenvalue weighted by Crippen LogP contribution is -2.34. The molecule has 0 saturated heterocycles. The minimum Gasteiger partial charge on any atom is -0.325 e. The van der Waals surface area contributed by atoms with Gasteiger partial charge >= 0.3 is 0 Å². The van der Waals surface area contributed by atoms with Crippen molar-refractivity contribution in [1.29, 1.82) is 0 Å². The highest BCUT2D eigenvalue weighted by Crippen LogP contribution is 2.10. The summed E-state index contributed by atoms with van der Waals surface area (Å²) in [4.78, 5) is 4.16. The van der Waals surface area contributed by atoms with Crippen LogP contribution in [-0.4, -0.2) is 19.4 Å². The molecule has 0 amide bonds. The number of nitrogens with zero attached hydrogens (tertiary/aromatic N) is 1. The second-order valence-corrected chi connectivity index (χ2v) is 6.62. The highest BCUT2D eigenvalue weighted by molar-refractivity contribution is 7.89. The topological polar surface area (TPSA) is 85.1 Å². The predicted molar refractivity (Wildman–Crippen MR) is 82.1 cm³/mol. The number of nitrogens with one attached hydrogen (secondary N) is 1. The maximum atomic E-state index is 12.3. The number of benzene rings is 1. The van der Waals surface area contributed by atoms with Crippen LogP contribution < -0.4 is 10.5 Å². The third-order valence-electron chi connectivity index (χ3n) is 3.06. The molecule has 0 aliphatic carbocycles. The molecule has 0 aliphatic heterocycles. The normalized spacial score (nSPS) is 13.0. The van der Waals surface area contributed by atoms with Crippen LogP contribution in [0.1, 0.15) is 18.2 Å². The molecule has 0 bridgehead atoms. The Morgan fingerprint density at radius 2 is 1.90 bits per heavy atom. The zero-order valence-corrected chi connectivity index (χ0v) is 12.7. The van der Waals surface area contributed by atoms with E-state index in [2.05, 4.69) is 9.71 Å². The number of rotatable bonds is 6. The van der Waals surface area contributed by atoms with E-state index in [1.54, 1.807) is 6.07 Å². The zero-order valence-electron chi connectivity index (χ0n) is 11.9. The summed E-state index contributed by atoms with van der Waals surface area (Å²) in [6, 6.07) is 12.7. The Bertz CT molecular complexity index is 670. The Balaban J connectivity index is 2.05. The standard InChI is InChI=1S/C15H19N3O2S/c1-12(9-13-5-3-2-4-6-13)18-21(19,20)15-8-7-14(10-16)17-11-15/h2-8,11-12,18H,9-10,16H2,1H3. The molecule has 3 N–H and O–H groups in total. The van der Waals surface area contributed by atoms with Gasteiger partial charge in [-0.1, -0.05) is 30.3 Å². The van der Waals surface area contributed by atoms with Gasteiger partial charge < -0.3 is 5.73 Å². The lowest BCUT2D eigenvalue weighted by Gasteiger charge is -2.14. The van der Waals surface area contributed by atoms with E-state index in [9.17, 15) is 8.42 Å². The Kier molecular flexibility index (Phi) is 5.06. The highest BCUT2D eigenvalue weighted by Gasteiger charge is 2.17. The van der Waals surface area contributed by atoms with E-state index in [4.69, 9.17) is 5.73 Å². The van der Waals surface area contributed by atoms with Gasteiger partial charge in [-0.2, -0.15) is 0 Å². The first kappa shape index (κ1) is 15.6. The van der Waals surface area contributed by atoms with Crippen molar-refractivity contribution >= 4 is 10.0 Å². The van der Waals surface area contributed by atoms with Crippen molar-refractivity contribution in [2.75, 3.05) is 0 Å². The molecule has 1 aromatic heterocycles. The molecular formula is C15H19N3O2S. The van der Waals surface area contributed by atoms with Crippen LogP contribution in [0.15, 0.2) is 53.6 Å². The maximum absolute atomic E-state index is 12.3. The molecule has 5 nitrogen and oxygen atoms in total. The van der Waals surface area contributed by atoms with Crippen molar-refractivity contribution in [2.45, 2.75) is 30.8 Å². The lowest BCUT2D eigenvalue weighted by molar-refractivity contribution is 0.559. The fraction of sp³-hybridized carbons (Fsp3) is 0.267. The Morgan fingerprint density at radius 1 is 1.19 bits per heavy atom. The van der Waals surface area contributed by atoms with Gasteiger partial charge in [0.15, 0.2) is 0 Å². The van der Waals surface area contributed by atoms with E-state index in [-0.39, 0.29) is 17.5 Å². The number of hydrogen-bond donors (Lipinski definition) is 2. The van der Waals surface area contributed by atoms with Gasteiger partial charge in [0.05, 0.1) is 5.69 Å². The molecule has 0 radical (unpaired) electrons. The second-order valence-electron chi connectivity index (χ2n) is 4.90. The van der Waals surface area contributed by atoms with E-state index in [1.807, 2.05) is 37.3 Å². The monoisotopic (exact) mass is 305 g/mol. The molecule has 0 fully saturated rings. The van der Waals surface area contributed by atoms with Gasteiger partial charge in [0.25, 0.3) is 0 Å². The summed E-state index contributed by atoms with van der Waals surface area (Å²) in [7, 11) is -3.56. The maximum Gasteiger partial charge on any atom is 0.242 e. The molecule has 2 aromatic rings. The van der Waals surface area contributed by atoms with Crippen LogP contribution >= 0.6 is 0 Å². The Labute approximate surface area is 125 Å². The van der Waals surface area contributed by atoms with Gasteiger partial charge in [0.1, 0.15) is 4.90 Å². The summed E-state index contributed by atoms with van der Waals surface area (Å²) < 4.78 is 27.2. The van der Waals surface area contributed by atoms with Crippen molar-refractivity contribution in [2.24, 2.45) is 5.73 Å². The quantitative estimate of drug-likeness (QED) is 0.846. The smallest absolute Gasteiger partial charge is 0.242 e. The molecule has 1 heterocycles. The number of nitrogens with two attached hydrogens (primary N) is 1. The van der Waals surface area contributed by atoms with E-state index in [1.165, 1.54) is 12.3 Å². The molecular weight excluding hydrogens is 286 g/mol. The molecule has 0 saturated carbocycles. The lowest BCUT2D eigenvalue weighted by atomic mass is 10.1. The van der Waals surface area contributed by atoms with Crippen molar-refractivity contribution in [1.82, 2.24) is 9.71 Å². The Hall–Kier alpha value is -1.76. The van der Waals surface area contributed by atoms with Crippen molar-refractivity contribution < 1.29 is 8.42 Å². The molecule has 0 aliphatic rings. The molecule has 0 spiro atoms. The third-order valence-corrected chi connectivity index (χ3v) is 4.63. The first-order chi connectivity index (χ1) is 10.0. The third kappa shape index (κ3) is 4.35. The van der Waals surface area contributed by atoms with Gasteiger partial charge in [-0.15, -0.1) is 0 Å². The zero-order chi connectivity index (χ0) is 15.3.